The Morgan fingerprint density at radius 2 is 2.10 bits per heavy atom. The van der Waals surface area contributed by atoms with Gasteiger partial charge in [0.25, 0.3) is 0 Å². The number of carbonyl (C=O) groups is 2. The molecule has 2 rings (SSSR count). The number of ketones is 1. The van der Waals surface area contributed by atoms with Crippen LogP contribution in [-0.4, -0.2) is 23.5 Å². The lowest BCUT2D eigenvalue weighted by atomic mass is 9.91. The number of rotatable bonds is 5. The fourth-order valence-electron chi connectivity index (χ4n) is 2.42. The molecule has 0 aromatic heterocycles. The van der Waals surface area contributed by atoms with Crippen molar-refractivity contribution in [3.8, 4) is 5.75 Å². The Morgan fingerprint density at radius 1 is 1.38 bits per heavy atom. The van der Waals surface area contributed by atoms with Crippen LogP contribution in [0.2, 0.25) is 10.0 Å². The Hall–Kier alpha value is -1.52. The Bertz CT molecular complexity index is 622. The molecule has 1 unspecified atom stereocenters. The van der Waals surface area contributed by atoms with Gasteiger partial charge in [-0.3, -0.25) is 4.79 Å². The SMILES string of the molecule is CCC1=CC(=O)CC1c1ccc(OCC(=O)O)c(Cl)c1Cl. The Kier molecular flexibility index (Phi) is 4.91. The first-order valence-corrected chi connectivity index (χ1v) is 7.25. The maximum absolute atomic E-state index is 11.6. The van der Waals surface area contributed by atoms with Gasteiger partial charge in [-0.2, -0.15) is 0 Å². The summed E-state index contributed by atoms with van der Waals surface area (Å²) in [6.07, 6.45) is 2.81. The molecule has 0 amide bonds. The molecule has 0 bridgehead atoms. The molecule has 0 radical (unpaired) electrons. The van der Waals surface area contributed by atoms with Crippen LogP contribution in [-0.2, 0) is 9.59 Å². The summed E-state index contributed by atoms with van der Waals surface area (Å²) in [5.41, 5.74) is 1.79. The summed E-state index contributed by atoms with van der Waals surface area (Å²) in [5, 5.41) is 9.09. The van der Waals surface area contributed by atoms with E-state index in [-0.39, 0.29) is 22.5 Å². The Balaban J connectivity index is 2.31. The van der Waals surface area contributed by atoms with Crippen LogP contribution in [0.1, 0.15) is 31.2 Å². The van der Waals surface area contributed by atoms with Crippen molar-refractivity contribution in [3.63, 3.8) is 0 Å². The highest BCUT2D eigenvalue weighted by molar-refractivity contribution is 6.43. The fraction of sp³-hybridized carbons (Fsp3) is 0.333. The number of aliphatic carboxylic acids is 1. The molecule has 0 saturated heterocycles. The van der Waals surface area contributed by atoms with Gasteiger partial charge in [-0.25, -0.2) is 4.79 Å². The van der Waals surface area contributed by atoms with Crippen LogP contribution in [0.15, 0.2) is 23.8 Å². The molecule has 1 aliphatic rings. The fourth-order valence-corrected chi connectivity index (χ4v) is 2.94. The Labute approximate surface area is 132 Å². The zero-order chi connectivity index (χ0) is 15.6. The van der Waals surface area contributed by atoms with Crippen molar-refractivity contribution < 1.29 is 19.4 Å². The summed E-state index contributed by atoms with van der Waals surface area (Å²) in [6.45, 7) is 1.49. The molecule has 4 nitrogen and oxygen atoms in total. The zero-order valence-corrected chi connectivity index (χ0v) is 12.9. The second-order valence-corrected chi connectivity index (χ2v) is 5.52. The largest absolute Gasteiger partial charge is 0.480 e. The predicted molar refractivity (Wildman–Crippen MR) is 80.3 cm³/mol. The van der Waals surface area contributed by atoms with Crippen molar-refractivity contribution >= 4 is 35.0 Å². The number of ether oxygens (including phenoxy) is 1. The molecule has 21 heavy (non-hydrogen) atoms. The van der Waals surface area contributed by atoms with Crippen LogP contribution in [0.5, 0.6) is 5.75 Å². The molecule has 0 heterocycles. The summed E-state index contributed by atoms with van der Waals surface area (Å²) in [7, 11) is 0. The minimum absolute atomic E-state index is 0.0685. The third-order valence-electron chi connectivity index (χ3n) is 3.41. The maximum atomic E-state index is 11.6. The van der Waals surface area contributed by atoms with Crippen molar-refractivity contribution in [1.29, 1.82) is 0 Å². The standard InChI is InChI=1S/C15H14Cl2O4/c1-2-8-5-9(18)6-11(8)10-3-4-12(15(17)14(10)16)21-7-13(19)20/h3-5,11H,2,6-7H2,1H3,(H,19,20). The Morgan fingerprint density at radius 3 is 2.71 bits per heavy atom. The van der Waals surface area contributed by atoms with Gasteiger partial charge in [0.15, 0.2) is 12.4 Å². The molecule has 0 aliphatic heterocycles. The van der Waals surface area contributed by atoms with E-state index in [1.807, 2.05) is 6.92 Å². The zero-order valence-electron chi connectivity index (χ0n) is 11.4. The van der Waals surface area contributed by atoms with Crippen molar-refractivity contribution in [2.45, 2.75) is 25.7 Å². The number of hydrogen-bond donors (Lipinski definition) is 1. The molecule has 6 heteroatoms. The van der Waals surface area contributed by atoms with Gasteiger partial charge in [-0.15, -0.1) is 0 Å². The smallest absolute Gasteiger partial charge is 0.341 e. The number of allylic oxidation sites excluding steroid dienone is 2. The van der Waals surface area contributed by atoms with Gasteiger partial charge in [-0.05, 0) is 24.1 Å². The van der Waals surface area contributed by atoms with E-state index in [0.29, 0.717) is 11.4 Å². The summed E-state index contributed by atoms with van der Waals surface area (Å²) >= 11 is 12.4. The van der Waals surface area contributed by atoms with Crippen molar-refractivity contribution in [2.24, 2.45) is 0 Å². The first kappa shape index (κ1) is 15.9. The van der Waals surface area contributed by atoms with Crippen molar-refractivity contribution in [2.75, 3.05) is 6.61 Å². The van der Waals surface area contributed by atoms with E-state index in [0.717, 1.165) is 17.6 Å². The lowest BCUT2D eigenvalue weighted by Crippen LogP contribution is -2.10. The van der Waals surface area contributed by atoms with E-state index in [2.05, 4.69) is 0 Å². The van der Waals surface area contributed by atoms with Gasteiger partial charge in [0, 0.05) is 12.3 Å². The minimum Gasteiger partial charge on any atom is -0.480 e. The second kappa shape index (κ2) is 6.50. The monoisotopic (exact) mass is 328 g/mol. The lowest BCUT2D eigenvalue weighted by Gasteiger charge is -2.17. The van der Waals surface area contributed by atoms with E-state index in [1.54, 1.807) is 18.2 Å². The van der Waals surface area contributed by atoms with Crippen LogP contribution >= 0.6 is 23.2 Å². The summed E-state index contributed by atoms with van der Waals surface area (Å²) in [6, 6.07) is 3.32. The van der Waals surface area contributed by atoms with Crippen molar-refractivity contribution in [3.05, 3.63) is 39.4 Å². The maximum Gasteiger partial charge on any atom is 0.341 e. The third-order valence-corrected chi connectivity index (χ3v) is 4.29. The molecule has 1 aliphatic carbocycles. The van der Waals surface area contributed by atoms with Gasteiger partial charge < -0.3 is 9.84 Å². The number of hydrogen-bond acceptors (Lipinski definition) is 3. The normalized spacial score (nSPS) is 17.8. The van der Waals surface area contributed by atoms with Crippen LogP contribution < -0.4 is 4.74 Å². The van der Waals surface area contributed by atoms with Gasteiger partial charge in [-0.1, -0.05) is 41.8 Å². The van der Waals surface area contributed by atoms with E-state index in [9.17, 15) is 9.59 Å². The van der Waals surface area contributed by atoms with Crippen LogP contribution in [0.25, 0.3) is 0 Å². The van der Waals surface area contributed by atoms with E-state index < -0.39 is 12.6 Å². The van der Waals surface area contributed by atoms with E-state index in [1.165, 1.54) is 0 Å². The number of carboxylic acids is 1. The number of benzene rings is 1. The van der Waals surface area contributed by atoms with Crippen LogP contribution in [0.3, 0.4) is 0 Å². The molecule has 1 aromatic rings. The van der Waals surface area contributed by atoms with Gasteiger partial charge >= 0.3 is 5.97 Å². The molecule has 1 aromatic carbocycles. The number of carbonyl (C=O) groups excluding carboxylic acids is 1. The third kappa shape index (κ3) is 3.39. The molecule has 0 fully saturated rings. The van der Waals surface area contributed by atoms with Crippen LogP contribution in [0, 0.1) is 0 Å². The summed E-state index contributed by atoms with van der Waals surface area (Å²) in [4.78, 5) is 22.1. The molecule has 1 atom stereocenters. The van der Waals surface area contributed by atoms with E-state index >= 15 is 0 Å². The summed E-state index contributed by atoms with van der Waals surface area (Å²) < 4.78 is 5.07. The second-order valence-electron chi connectivity index (χ2n) is 4.76. The topological polar surface area (TPSA) is 63.6 Å². The molecule has 0 spiro atoms. The molecular formula is C15H14Cl2O4. The first-order valence-electron chi connectivity index (χ1n) is 6.49. The molecule has 112 valence electrons. The molecule has 1 N–H and O–H groups in total. The average Bonchev–Trinajstić information content (AvgIpc) is 2.81. The predicted octanol–water partition coefficient (Wildman–Crippen LogP) is 3.85. The van der Waals surface area contributed by atoms with Gasteiger partial charge in [0.1, 0.15) is 10.8 Å². The number of carboxylic acid groups (broad SMARTS) is 1. The van der Waals surface area contributed by atoms with E-state index in [4.69, 9.17) is 33.0 Å². The highest BCUT2D eigenvalue weighted by Crippen LogP contribution is 2.43. The van der Waals surface area contributed by atoms with Gasteiger partial charge in [0.05, 0.1) is 5.02 Å². The minimum atomic E-state index is -1.09. The molecule has 0 saturated carbocycles. The average molecular weight is 329 g/mol. The quantitative estimate of drug-likeness (QED) is 0.891. The number of halogens is 2. The highest BCUT2D eigenvalue weighted by Gasteiger charge is 2.28. The van der Waals surface area contributed by atoms with Crippen molar-refractivity contribution in [1.82, 2.24) is 0 Å². The van der Waals surface area contributed by atoms with Gasteiger partial charge in [0.2, 0.25) is 0 Å². The first-order chi connectivity index (χ1) is 9.93. The summed E-state index contributed by atoms with van der Waals surface area (Å²) in [5.74, 6) is -0.862. The highest BCUT2D eigenvalue weighted by atomic mass is 35.5. The lowest BCUT2D eigenvalue weighted by molar-refractivity contribution is -0.139. The molecular weight excluding hydrogens is 315 g/mol. The van der Waals surface area contributed by atoms with Crippen LogP contribution in [0.4, 0.5) is 0 Å².